The molecular weight excluding hydrogens is 453 g/mol. The molecule has 2 heterocycles. The van der Waals surface area contributed by atoms with Crippen LogP contribution in [0.25, 0.3) is 21.9 Å². The van der Waals surface area contributed by atoms with E-state index in [0.29, 0.717) is 24.3 Å². The first-order chi connectivity index (χ1) is 17.3. The van der Waals surface area contributed by atoms with Crippen molar-refractivity contribution >= 4 is 28.4 Å². The number of fused-ring (bicyclic) bond motifs is 1. The molecule has 184 valence electrons. The Hall–Kier alpha value is -3.54. The molecule has 36 heavy (non-hydrogen) atoms. The lowest BCUT2D eigenvalue weighted by atomic mass is 9.99. The number of aliphatic imine (C=N–C) groups is 1. The number of halogens is 1. The summed E-state index contributed by atoms with van der Waals surface area (Å²) in [6.45, 7) is 5.76. The Balaban J connectivity index is 1.23. The first-order valence-electron chi connectivity index (χ1n) is 12.8. The van der Waals surface area contributed by atoms with Crippen LogP contribution < -0.4 is 0 Å². The quantitative estimate of drug-likeness (QED) is 0.496. The highest BCUT2D eigenvalue weighted by molar-refractivity contribution is 6.15. The Morgan fingerprint density at radius 3 is 2.47 bits per heavy atom. The maximum atomic E-state index is 14.3. The van der Waals surface area contributed by atoms with Gasteiger partial charge in [0.15, 0.2) is 0 Å². The molecule has 3 aromatic rings. The van der Waals surface area contributed by atoms with Gasteiger partial charge >= 0.3 is 0 Å². The zero-order valence-electron chi connectivity index (χ0n) is 20.7. The Bertz CT molecular complexity index is 1390. The van der Waals surface area contributed by atoms with Gasteiger partial charge < -0.3 is 4.90 Å². The van der Waals surface area contributed by atoms with Crippen molar-refractivity contribution in [2.24, 2.45) is 16.8 Å². The first-order valence-corrected chi connectivity index (χ1v) is 12.8. The van der Waals surface area contributed by atoms with Gasteiger partial charge in [-0.15, -0.1) is 0 Å². The molecule has 0 N–H and O–H groups in total. The van der Waals surface area contributed by atoms with E-state index in [1.165, 1.54) is 6.07 Å². The van der Waals surface area contributed by atoms with Gasteiger partial charge in [-0.3, -0.25) is 19.5 Å². The molecule has 3 aliphatic rings. The van der Waals surface area contributed by atoms with Crippen LogP contribution in [0.3, 0.4) is 0 Å². The van der Waals surface area contributed by atoms with Crippen LogP contribution in [-0.2, 0) is 9.59 Å². The van der Waals surface area contributed by atoms with Gasteiger partial charge in [0.1, 0.15) is 17.2 Å². The molecule has 0 radical (unpaired) electrons. The Morgan fingerprint density at radius 1 is 1.00 bits per heavy atom. The van der Waals surface area contributed by atoms with E-state index in [-0.39, 0.29) is 29.5 Å². The smallest absolute Gasteiger partial charge is 0.255 e. The van der Waals surface area contributed by atoms with Crippen molar-refractivity contribution in [3.63, 3.8) is 0 Å². The van der Waals surface area contributed by atoms with Crippen molar-refractivity contribution in [2.75, 3.05) is 19.6 Å². The second-order valence-corrected chi connectivity index (χ2v) is 10.9. The highest BCUT2D eigenvalue weighted by Gasteiger charge is 2.43. The van der Waals surface area contributed by atoms with E-state index in [9.17, 15) is 14.0 Å². The van der Waals surface area contributed by atoms with Crippen molar-refractivity contribution in [1.29, 1.82) is 0 Å². The highest BCUT2D eigenvalue weighted by atomic mass is 19.1. The van der Waals surface area contributed by atoms with E-state index in [1.807, 2.05) is 72.2 Å². The van der Waals surface area contributed by atoms with Gasteiger partial charge in [0.2, 0.25) is 5.91 Å². The summed E-state index contributed by atoms with van der Waals surface area (Å²) in [6, 6.07) is 18.9. The summed E-state index contributed by atoms with van der Waals surface area (Å²) < 4.78 is 14.3. The zero-order chi connectivity index (χ0) is 25.0. The second kappa shape index (κ2) is 8.54. The molecule has 5 nitrogen and oxygen atoms in total. The van der Waals surface area contributed by atoms with E-state index < -0.39 is 5.54 Å². The number of likely N-dealkylation sites (tertiary alicyclic amines) is 1. The normalized spacial score (nSPS) is 21.4. The van der Waals surface area contributed by atoms with E-state index in [1.54, 1.807) is 6.07 Å². The molecule has 1 unspecified atom stereocenters. The molecule has 1 atom stereocenters. The van der Waals surface area contributed by atoms with Gasteiger partial charge in [-0.05, 0) is 67.7 Å². The van der Waals surface area contributed by atoms with Gasteiger partial charge in [-0.1, -0.05) is 48.5 Å². The number of hydrogen-bond donors (Lipinski definition) is 0. The molecule has 2 fully saturated rings. The molecule has 1 saturated carbocycles. The minimum absolute atomic E-state index is 0.00134. The van der Waals surface area contributed by atoms with E-state index in [4.69, 9.17) is 4.99 Å². The van der Waals surface area contributed by atoms with Crippen molar-refractivity contribution in [3.05, 3.63) is 72.0 Å². The molecule has 6 heteroatoms. The van der Waals surface area contributed by atoms with E-state index >= 15 is 0 Å². The van der Waals surface area contributed by atoms with Crippen LogP contribution in [0.4, 0.5) is 4.39 Å². The Morgan fingerprint density at radius 2 is 1.72 bits per heavy atom. The van der Waals surface area contributed by atoms with Crippen LogP contribution in [0.2, 0.25) is 0 Å². The molecule has 1 aliphatic carbocycles. The monoisotopic (exact) mass is 483 g/mol. The SMILES string of the molecule is CC1(C)N=C(c2ccc(-c3ccc4cccc(F)c4c3)cc2)N(CC2CCN(C(=O)C3CC3)C2)C1=O. The minimum Gasteiger partial charge on any atom is -0.342 e. The predicted molar refractivity (Wildman–Crippen MR) is 139 cm³/mol. The molecule has 3 aromatic carbocycles. The van der Waals surface area contributed by atoms with Crippen LogP contribution in [0.1, 0.15) is 38.7 Å². The van der Waals surface area contributed by atoms with Gasteiger partial charge in [-0.2, -0.15) is 0 Å². The van der Waals surface area contributed by atoms with Gasteiger partial charge in [-0.25, -0.2) is 4.39 Å². The maximum Gasteiger partial charge on any atom is 0.255 e. The largest absolute Gasteiger partial charge is 0.342 e. The number of amidine groups is 1. The molecule has 0 bridgehead atoms. The Kier molecular flexibility index (Phi) is 5.43. The molecule has 0 spiro atoms. The topological polar surface area (TPSA) is 53.0 Å². The summed E-state index contributed by atoms with van der Waals surface area (Å²) in [4.78, 5) is 34.4. The zero-order valence-corrected chi connectivity index (χ0v) is 20.7. The minimum atomic E-state index is -0.813. The average molecular weight is 484 g/mol. The summed E-state index contributed by atoms with van der Waals surface area (Å²) in [5.41, 5.74) is 1.98. The standard InChI is InChI=1S/C30H30FN3O2/c1-30(2)29(36)34(18-19-14-15-33(17-19)28(35)23-11-12-23)27(32-30)22-9-6-20(7-10-22)24-13-8-21-4-3-5-26(31)25(21)16-24/h3-10,13,16,19,23H,11-12,14-15,17-18H2,1-2H3. The fourth-order valence-corrected chi connectivity index (χ4v) is 5.44. The molecule has 2 amide bonds. The van der Waals surface area contributed by atoms with Crippen molar-refractivity contribution in [1.82, 2.24) is 9.80 Å². The third-order valence-corrected chi connectivity index (χ3v) is 7.68. The lowest BCUT2D eigenvalue weighted by Crippen LogP contribution is -2.42. The van der Waals surface area contributed by atoms with E-state index in [2.05, 4.69) is 0 Å². The van der Waals surface area contributed by atoms with Crippen LogP contribution in [0.5, 0.6) is 0 Å². The van der Waals surface area contributed by atoms with Crippen LogP contribution in [0, 0.1) is 17.7 Å². The molecular formula is C30H30FN3O2. The first kappa shape index (κ1) is 22.9. The lowest BCUT2D eigenvalue weighted by molar-refractivity contribution is -0.131. The fraction of sp³-hybridized carbons (Fsp3) is 0.367. The molecule has 0 aromatic heterocycles. The predicted octanol–water partition coefficient (Wildman–Crippen LogP) is 5.27. The fourth-order valence-electron chi connectivity index (χ4n) is 5.44. The van der Waals surface area contributed by atoms with Gasteiger partial charge in [0, 0.05) is 36.5 Å². The van der Waals surface area contributed by atoms with Crippen LogP contribution in [0.15, 0.2) is 65.7 Å². The summed E-state index contributed by atoms with van der Waals surface area (Å²) in [6.07, 6.45) is 2.94. The number of rotatable bonds is 5. The molecule has 1 saturated heterocycles. The second-order valence-electron chi connectivity index (χ2n) is 10.9. The lowest BCUT2D eigenvalue weighted by Gasteiger charge is -2.24. The molecule has 2 aliphatic heterocycles. The summed E-state index contributed by atoms with van der Waals surface area (Å²) >= 11 is 0. The third-order valence-electron chi connectivity index (χ3n) is 7.68. The third kappa shape index (κ3) is 4.08. The highest BCUT2D eigenvalue weighted by Crippen LogP contribution is 2.34. The van der Waals surface area contributed by atoms with Crippen LogP contribution >= 0.6 is 0 Å². The number of carbonyl (C=O) groups is 2. The molecule has 6 rings (SSSR count). The number of hydrogen-bond acceptors (Lipinski definition) is 3. The maximum absolute atomic E-state index is 14.3. The number of amides is 2. The van der Waals surface area contributed by atoms with Crippen molar-refractivity contribution in [2.45, 2.75) is 38.6 Å². The van der Waals surface area contributed by atoms with E-state index in [0.717, 1.165) is 47.9 Å². The number of benzene rings is 3. The average Bonchev–Trinajstić information content (AvgIpc) is 3.58. The summed E-state index contributed by atoms with van der Waals surface area (Å²) in [7, 11) is 0. The number of nitrogens with zero attached hydrogens (tertiary/aromatic N) is 3. The van der Waals surface area contributed by atoms with Gasteiger partial charge in [0.25, 0.3) is 5.91 Å². The summed E-state index contributed by atoms with van der Waals surface area (Å²) in [5.74, 6) is 1.22. The number of carbonyl (C=O) groups excluding carboxylic acids is 2. The Labute approximate surface area is 210 Å². The van der Waals surface area contributed by atoms with Gasteiger partial charge in [0.05, 0.1) is 0 Å². The van der Waals surface area contributed by atoms with Crippen LogP contribution in [-0.4, -0.2) is 52.6 Å². The van der Waals surface area contributed by atoms with Crippen molar-refractivity contribution in [3.8, 4) is 11.1 Å². The van der Waals surface area contributed by atoms with Crippen molar-refractivity contribution < 1.29 is 14.0 Å². The summed E-state index contributed by atoms with van der Waals surface area (Å²) in [5, 5.41) is 1.47.